The number of hydrogen-bond acceptors (Lipinski definition) is 3. The highest BCUT2D eigenvalue weighted by Gasteiger charge is 2.00. The fourth-order valence-electron chi connectivity index (χ4n) is 1.19. The summed E-state index contributed by atoms with van der Waals surface area (Å²) >= 11 is 0. The number of H-pyrrole nitrogens is 1. The maximum Gasteiger partial charge on any atom is 0.268 e. The third kappa shape index (κ3) is 3.30. The second kappa shape index (κ2) is 4.91. The van der Waals surface area contributed by atoms with Gasteiger partial charge in [0.05, 0.1) is 5.69 Å². The highest BCUT2D eigenvalue weighted by atomic mass is 16.1. The summed E-state index contributed by atoms with van der Waals surface area (Å²) in [4.78, 5) is 11.3. The van der Waals surface area contributed by atoms with Crippen LogP contribution < -0.4 is 10.9 Å². The van der Waals surface area contributed by atoms with Gasteiger partial charge in [-0.1, -0.05) is 13.8 Å². The molecular formula is C10H17N3O. The monoisotopic (exact) mass is 195 g/mol. The number of aromatic nitrogens is 2. The van der Waals surface area contributed by atoms with E-state index in [2.05, 4.69) is 29.4 Å². The van der Waals surface area contributed by atoms with Crippen LogP contribution in [0.2, 0.25) is 0 Å². The van der Waals surface area contributed by atoms with Gasteiger partial charge >= 0.3 is 0 Å². The molecule has 0 bridgehead atoms. The van der Waals surface area contributed by atoms with Crippen molar-refractivity contribution >= 4 is 0 Å². The van der Waals surface area contributed by atoms with Gasteiger partial charge in [-0.2, -0.15) is 5.10 Å². The lowest BCUT2D eigenvalue weighted by atomic mass is 10.2. The summed E-state index contributed by atoms with van der Waals surface area (Å²) < 4.78 is 0. The van der Waals surface area contributed by atoms with E-state index in [-0.39, 0.29) is 5.56 Å². The molecule has 0 spiro atoms. The zero-order chi connectivity index (χ0) is 10.6. The lowest BCUT2D eigenvalue weighted by Gasteiger charge is -2.06. The molecule has 0 radical (unpaired) electrons. The highest BCUT2D eigenvalue weighted by Crippen LogP contribution is 1.94. The number of nitrogens with one attached hydrogen (secondary N) is 2. The molecule has 0 aromatic carbocycles. The summed E-state index contributed by atoms with van der Waals surface area (Å²) in [6.07, 6.45) is 0. The van der Waals surface area contributed by atoms with Gasteiger partial charge in [0.2, 0.25) is 0 Å². The second-order valence-electron chi connectivity index (χ2n) is 3.89. The summed E-state index contributed by atoms with van der Waals surface area (Å²) in [5, 5.41) is 9.50. The Balaban J connectivity index is 2.58. The van der Waals surface area contributed by atoms with Crippen LogP contribution in [0.5, 0.6) is 0 Å². The van der Waals surface area contributed by atoms with E-state index in [1.165, 1.54) is 0 Å². The van der Waals surface area contributed by atoms with Crippen molar-refractivity contribution in [3.63, 3.8) is 0 Å². The van der Waals surface area contributed by atoms with Gasteiger partial charge in [0.1, 0.15) is 0 Å². The average molecular weight is 195 g/mol. The van der Waals surface area contributed by atoms with Crippen LogP contribution in [0.25, 0.3) is 0 Å². The molecule has 78 valence electrons. The third-order valence-electron chi connectivity index (χ3n) is 1.88. The summed E-state index contributed by atoms with van der Waals surface area (Å²) in [5.41, 5.74) is 1.48. The van der Waals surface area contributed by atoms with E-state index in [1.54, 1.807) is 0 Å². The Morgan fingerprint density at radius 1 is 1.57 bits per heavy atom. The number of aryl methyl sites for hydroxylation is 1. The van der Waals surface area contributed by atoms with E-state index in [9.17, 15) is 4.79 Å². The van der Waals surface area contributed by atoms with E-state index in [0.29, 0.717) is 12.5 Å². The minimum absolute atomic E-state index is 0.105. The zero-order valence-corrected chi connectivity index (χ0v) is 8.92. The molecule has 4 nitrogen and oxygen atoms in total. The molecule has 0 aliphatic carbocycles. The smallest absolute Gasteiger partial charge is 0.268 e. The van der Waals surface area contributed by atoms with Gasteiger partial charge in [-0.15, -0.1) is 0 Å². The van der Waals surface area contributed by atoms with Crippen LogP contribution in [0.15, 0.2) is 10.9 Å². The molecule has 1 rings (SSSR count). The molecule has 2 N–H and O–H groups in total. The van der Waals surface area contributed by atoms with E-state index in [4.69, 9.17) is 0 Å². The maximum absolute atomic E-state index is 11.3. The Hall–Kier alpha value is -1.16. The van der Waals surface area contributed by atoms with E-state index >= 15 is 0 Å². The molecule has 0 unspecified atom stereocenters. The maximum atomic E-state index is 11.3. The van der Waals surface area contributed by atoms with Gasteiger partial charge in [-0.3, -0.25) is 4.79 Å². The van der Waals surface area contributed by atoms with Gasteiger partial charge < -0.3 is 5.32 Å². The molecule has 1 aromatic heterocycles. The molecule has 0 aliphatic rings. The fraction of sp³-hybridized carbons (Fsp3) is 0.600. The first-order chi connectivity index (χ1) is 6.59. The van der Waals surface area contributed by atoms with Crippen molar-refractivity contribution in [2.45, 2.75) is 27.3 Å². The topological polar surface area (TPSA) is 57.8 Å². The van der Waals surface area contributed by atoms with Crippen LogP contribution in [0.3, 0.4) is 0 Å². The largest absolute Gasteiger partial charge is 0.312 e. The Kier molecular flexibility index (Phi) is 3.83. The summed E-state index contributed by atoms with van der Waals surface area (Å²) in [6, 6.07) is 1.81. The molecule has 0 saturated carbocycles. The Morgan fingerprint density at radius 2 is 2.29 bits per heavy atom. The standard InChI is InChI=1S/C10H17N3O/c1-7(2)5-11-6-9-4-8(3)12-13-10(9)14/h4,7,11H,5-6H2,1-3H3,(H,13,14). The molecule has 0 saturated heterocycles. The predicted molar refractivity (Wildman–Crippen MR) is 56.1 cm³/mol. The van der Waals surface area contributed by atoms with Crippen molar-refractivity contribution in [3.05, 3.63) is 27.7 Å². The summed E-state index contributed by atoms with van der Waals surface area (Å²) in [5.74, 6) is 0.594. The number of rotatable bonds is 4. The third-order valence-corrected chi connectivity index (χ3v) is 1.88. The van der Waals surface area contributed by atoms with Crippen LogP contribution in [0.4, 0.5) is 0 Å². The lowest BCUT2D eigenvalue weighted by Crippen LogP contribution is -2.24. The summed E-state index contributed by atoms with van der Waals surface area (Å²) in [7, 11) is 0. The molecule has 14 heavy (non-hydrogen) atoms. The zero-order valence-electron chi connectivity index (χ0n) is 8.92. The molecule has 4 heteroatoms. The first kappa shape index (κ1) is 10.9. The number of hydrogen-bond donors (Lipinski definition) is 2. The SMILES string of the molecule is Cc1cc(CNCC(C)C)c(=O)[nH]n1. The normalized spacial score (nSPS) is 10.9. The van der Waals surface area contributed by atoms with E-state index < -0.39 is 0 Å². The number of nitrogens with zero attached hydrogens (tertiary/aromatic N) is 1. The van der Waals surface area contributed by atoms with E-state index in [0.717, 1.165) is 17.8 Å². The van der Waals surface area contributed by atoms with Crippen LogP contribution in [-0.2, 0) is 6.54 Å². The van der Waals surface area contributed by atoms with Crippen LogP contribution >= 0.6 is 0 Å². The van der Waals surface area contributed by atoms with Crippen molar-refractivity contribution in [1.82, 2.24) is 15.5 Å². The molecule has 1 heterocycles. The van der Waals surface area contributed by atoms with Crippen molar-refractivity contribution in [1.29, 1.82) is 0 Å². The predicted octanol–water partition coefficient (Wildman–Crippen LogP) is 0.824. The van der Waals surface area contributed by atoms with Gasteiger partial charge in [0, 0.05) is 12.1 Å². The van der Waals surface area contributed by atoms with Crippen molar-refractivity contribution in [2.75, 3.05) is 6.54 Å². The van der Waals surface area contributed by atoms with Crippen LogP contribution in [0.1, 0.15) is 25.1 Å². The fourth-order valence-corrected chi connectivity index (χ4v) is 1.19. The van der Waals surface area contributed by atoms with Gasteiger partial charge in [-0.05, 0) is 25.5 Å². The minimum Gasteiger partial charge on any atom is -0.312 e. The Morgan fingerprint density at radius 3 is 2.93 bits per heavy atom. The van der Waals surface area contributed by atoms with Gasteiger partial charge in [-0.25, -0.2) is 5.10 Å². The first-order valence-corrected chi connectivity index (χ1v) is 4.85. The molecule has 0 aliphatic heterocycles. The molecule has 0 fully saturated rings. The van der Waals surface area contributed by atoms with E-state index in [1.807, 2.05) is 13.0 Å². The highest BCUT2D eigenvalue weighted by molar-refractivity contribution is 5.11. The van der Waals surface area contributed by atoms with Crippen molar-refractivity contribution < 1.29 is 0 Å². The summed E-state index contributed by atoms with van der Waals surface area (Å²) in [6.45, 7) is 7.66. The molecule has 1 aromatic rings. The minimum atomic E-state index is -0.105. The van der Waals surface area contributed by atoms with Gasteiger partial charge in [0.15, 0.2) is 0 Å². The molecule has 0 amide bonds. The molecule has 0 atom stereocenters. The molecular weight excluding hydrogens is 178 g/mol. The van der Waals surface area contributed by atoms with Crippen molar-refractivity contribution in [2.24, 2.45) is 5.92 Å². The van der Waals surface area contributed by atoms with Gasteiger partial charge in [0.25, 0.3) is 5.56 Å². The Labute approximate surface area is 83.7 Å². The van der Waals surface area contributed by atoms with Crippen LogP contribution in [-0.4, -0.2) is 16.7 Å². The lowest BCUT2D eigenvalue weighted by molar-refractivity contribution is 0.550. The first-order valence-electron chi connectivity index (χ1n) is 4.85. The van der Waals surface area contributed by atoms with Crippen molar-refractivity contribution in [3.8, 4) is 0 Å². The average Bonchev–Trinajstić information content (AvgIpc) is 2.10. The second-order valence-corrected chi connectivity index (χ2v) is 3.89. The van der Waals surface area contributed by atoms with Crippen LogP contribution in [0, 0.1) is 12.8 Å². The quantitative estimate of drug-likeness (QED) is 0.748. The Bertz CT molecular complexity index is 343. The number of aromatic amines is 1.